The highest BCUT2D eigenvalue weighted by atomic mass is 35.5. The number of halogens is 3. The Hall–Kier alpha value is -2.78. The Kier molecular flexibility index (Phi) is 10.1. The molecule has 0 bridgehead atoms. The summed E-state index contributed by atoms with van der Waals surface area (Å²) in [5.41, 5.74) is 0.757. The van der Waals surface area contributed by atoms with Gasteiger partial charge in [0.2, 0.25) is 11.8 Å². The molecular formula is C27H28Cl3N3O4S. The van der Waals surface area contributed by atoms with E-state index in [9.17, 15) is 18.0 Å². The first-order chi connectivity index (χ1) is 17.9. The molecule has 1 atom stereocenters. The minimum atomic E-state index is -4.23. The van der Waals surface area contributed by atoms with E-state index < -0.39 is 28.5 Å². The van der Waals surface area contributed by atoms with Crippen molar-refractivity contribution in [3.63, 3.8) is 0 Å². The topological polar surface area (TPSA) is 86.8 Å². The van der Waals surface area contributed by atoms with Crippen LogP contribution in [0.3, 0.4) is 0 Å². The zero-order chi connectivity index (χ0) is 28.0. The molecule has 1 N–H and O–H groups in total. The van der Waals surface area contributed by atoms with Gasteiger partial charge in [0.05, 0.1) is 15.6 Å². The van der Waals surface area contributed by atoms with Gasteiger partial charge in [0.1, 0.15) is 12.6 Å². The Bertz CT molecular complexity index is 1400. The number of amides is 2. The van der Waals surface area contributed by atoms with Gasteiger partial charge in [-0.2, -0.15) is 0 Å². The molecule has 0 aliphatic rings. The molecule has 0 radical (unpaired) electrons. The number of nitrogens with one attached hydrogen (secondary N) is 1. The SMILES string of the molecule is CC(C)NC(=O)[C@H](C)N(Cc1cccc(Cl)c1)C(=O)CN(c1ccc(Cl)cc1Cl)S(=O)(=O)c1ccccc1. The van der Waals surface area contributed by atoms with Crippen LogP contribution in [-0.2, 0) is 26.2 Å². The summed E-state index contributed by atoms with van der Waals surface area (Å²) >= 11 is 18.6. The van der Waals surface area contributed by atoms with Crippen LogP contribution >= 0.6 is 34.8 Å². The van der Waals surface area contributed by atoms with Gasteiger partial charge >= 0.3 is 0 Å². The van der Waals surface area contributed by atoms with Crippen molar-refractivity contribution in [2.24, 2.45) is 0 Å². The Balaban J connectivity index is 2.06. The molecule has 0 aliphatic heterocycles. The molecule has 0 fully saturated rings. The Morgan fingerprint density at radius 1 is 0.868 bits per heavy atom. The molecule has 3 aromatic carbocycles. The molecule has 11 heteroatoms. The third kappa shape index (κ3) is 7.41. The van der Waals surface area contributed by atoms with E-state index in [1.54, 1.807) is 49.4 Å². The fourth-order valence-corrected chi connectivity index (χ4v) is 5.96. The number of nitrogens with zero attached hydrogens (tertiary/aromatic N) is 2. The van der Waals surface area contributed by atoms with Crippen LogP contribution in [0.5, 0.6) is 0 Å². The fourth-order valence-electron chi connectivity index (χ4n) is 3.74. The molecular weight excluding hydrogens is 569 g/mol. The van der Waals surface area contributed by atoms with Gasteiger partial charge < -0.3 is 10.2 Å². The van der Waals surface area contributed by atoms with Gasteiger partial charge in [-0.15, -0.1) is 0 Å². The van der Waals surface area contributed by atoms with Gasteiger partial charge in [0.15, 0.2) is 0 Å². The van der Waals surface area contributed by atoms with Crippen molar-refractivity contribution >= 4 is 62.3 Å². The molecule has 2 amide bonds. The quantitative estimate of drug-likeness (QED) is 0.321. The van der Waals surface area contributed by atoms with Crippen LogP contribution in [0.2, 0.25) is 15.1 Å². The highest BCUT2D eigenvalue weighted by molar-refractivity contribution is 7.92. The van der Waals surface area contributed by atoms with E-state index in [0.29, 0.717) is 15.6 Å². The first kappa shape index (κ1) is 29.8. The number of hydrogen-bond acceptors (Lipinski definition) is 4. The smallest absolute Gasteiger partial charge is 0.264 e. The van der Waals surface area contributed by atoms with Crippen LogP contribution < -0.4 is 9.62 Å². The highest BCUT2D eigenvalue weighted by Crippen LogP contribution is 2.33. The standard InChI is InChI=1S/C27H28Cl3N3O4S/c1-18(2)31-27(35)19(3)32(16-20-8-7-9-21(28)14-20)26(34)17-33(25-13-12-22(29)15-24(25)30)38(36,37)23-10-5-4-6-11-23/h4-15,18-19H,16-17H2,1-3H3,(H,31,35)/t19-/m0/s1. The van der Waals surface area contributed by atoms with E-state index in [4.69, 9.17) is 34.8 Å². The minimum absolute atomic E-state index is 0.0224. The molecule has 7 nitrogen and oxygen atoms in total. The number of carbonyl (C=O) groups excluding carboxylic acids is 2. The van der Waals surface area contributed by atoms with E-state index in [1.165, 1.54) is 35.2 Å². The second-order valence-electron chi connectivity index (χ2n) is 8.91. The number of carbonyl (C=O) groups is 2. The number of sulfonamides is 1. The van der Waals surface area contributed by atoms with Crippen LogP contribution in [-0.4, -0.2) is 43.8 Å². The lowest BCUT2D eigenvalue weighted by atomic mass is 10.1. The van der Waals surface area contributed by atoms with Crippen molar-refractivity contribution < 1.29 is 18.0 Å². The average Bonchev–Trinajstić information content (AvgIpc) is 2.86. The molecule has 3 aromatic rings. The van der Waals surface area contributed by atoms with E-state index in [0.717, 1.165) is 4.31 Å². The summed E-state index contributed by atoms with van der Waals surface area (Å²) in [6.07, 6.45) is 0. The number of hydrogen-bond donors (Lipinski definition) is 1. The zero-order valence-corrected chi connectivity index (χ0v) is 24.2. The molecule has 38 heavy (non-hydrogen) atoms. The first-order valence-electron chi connectivity index (χ1n) is 11.8. The van der Waals surface area contributed by atoms with Crippen molar-refractivity contribution in [1.29, 1.82) is 0 Å². The summed E-state index contributed by atoms with van der Waals surface area (Å²) in [5.74, 6) is -0.987. The molecule has 3 rings (SSSR count). The van der Waals surface area contributed by atoms with Crippen molar-refractivity contribution in [3.05, 3.63) is 93.4 Å². The molecule has 0 saturated heterocycles. The monoisotopic (exact) mass is 595 g/mol. The maximum Gasteiger partial charge on any atom is 0.264 e. The van der Waals surface area contributed by atoms with E-state index in [1.807, 2.05) is 13.8 Å². The van der Waals surface area contributed by atoms with Crippen LogP contribution in [0, 0.1) is 0 Å². The van der Waals surface area contributed by atoms with Gasteiger partial charge in [0, 0.05) is 22.6 Å². The van der Waals surface area contributed by atoms with E-state index in [2.05, 4.69) is 5.32 Å². The van der Waals surface area contributed by atoms with Crippen molar-refractivity contribution in [2.75, 3.05) is 10.8 Å². The van der Waals surface area contributed by atoms with Crippen LogP contribution in [0.1, 0.15) is 26.3 Å². The van der Waals surface area contributed by atoms with Crippen molar-refractivity contribution in [2.45, 2.75) is 44.3 Å². The lowest BCUT2D eigenvalue weighted by molar-refractivity contribution is -0.139. The molecule has 202 valence electrons. The highest BCUT2D eigenvalue weighted by Gasteiger charge is 2.33. The summed E-state index contributed by atoms with van der Waals surface area (Å²) in [6.45, 7) is 4.62. The maximum atomic E-state index is 13.8. The van der Waals surface area contributed by atoms with E-state index in [-0.39, 0.29) is 34.1 Å². The molecule has 0 saturated carbocycles. The summed E-state index contributed by atoms with van der Waals surface area (Å²) in [4.78, 5) is 28.1. The normalized spacial score (nSPS) is 12.2. The predicted octanol–water partition coefficient (Wildman–Crippen LogP) is 5.78. The lowest BCUT2D eigenvalue weighted by Gasteiger charge is -2.32. The number of benzene rings is 3. The lowest BCUT2D eigenvalue weighted by Crippen LogP contribution is -2.52. The summed E-state index contributed by atoms with van der Waals surface area (Å²) < 4.78 is 28.4. The fraction of sp³-hybridized carbons (Fsp3) is 0.259. The zero-order valence-electron chi connectivity index (χ0n) is 21.1. The average molecular weight is 597 g/mol. The summed E-state index contributed by atoms with van der Waals surface area (Å²) in [5, 5.41) is 3.63. The Morgan fingerprint density at radius 3 is 2.13 bits per heavy atom. The van der Waals surface area contributed by atoms with Gasteiger partial charge in [-0.3, -0.25) is 13.9 Å². The first-order valence-corrected chi connectivity index (χ1v) is 14.3. The number of anilines is 1. The Labute approximate surface area is 238 Å². The van der Waals surface area contributed by atoms with Crippen LogP contribution in [0.15, 0.2) is 77.7 Å². The third-order valence-corrected chi connectivity index (χ3v) is 8.18. The van der Waals surface area contributed by atoms with Crippen molar-refractivity contribution in [1.82, 2.24) is 10.2 Å². The Morgan fingerprint density at radius 2 is 1.53 bits per heavy atom. The van der Waals surface area contributed by atoms with Crippen molar-refractivity contribution in [3.8, 4) is 0 Å². The van der Waals surface area contributed by atoms with Gasteiger partial charge in [-0.25, -0.2) is 8.42 Å². The summed E-state index contributed by atoms with van der Waals surface area (Å²) in [7, 11) is -4.23. The summed E-state index contributed by atoms with van der Waals surface area (Å²) in [6, 6.07) is 17.9. The largest absolute Gasteiger partial charge is 0.352 e. The van der Waals surface area contributed by atoms with Crippen LogP contribution in [0.25, 0.3) is 0 Å². The second kappa shape index (κ2) is 12.8. The molecule has 0 aromatic heterocycles. The minimum Gasteiger partial charge on any atom is -0.352 e. The molecule has 0 unspecified atom stereocenters. The van der Waals surface area contributed by atoms with Gasteiger partial charge in [0.25, 0.3) is 10.0 Å². The van der Waals surface area contributed by atoms with Gasteiger partial charge in [-0.05, 0) is 68.8 Å². The second-order valence-corrected chi connectivity index (χ2v) is 12.1. The number of rotatable bonds is 10. The molecule has 0 aliphatic carbocycles. The van der Waals surface area contributed by atoms with Crippen LogP contribution in [0.4, 0.5) is 5.69 Å². The molecule has 0 spiro atoms. The predicted molar refractivity (Wildman–Crippen MR) is 152 cm³/mol. The third-order valence-electron chi connectivity index (χ3n) is 5.63. The van der Waals surface area contributed by atoms with Gasteiger partial charge in [-0.1, -0.05) is 65.1 Å². The molecule has 0 heterocycles. The van der Waals surface area contributed by atoms with E-state index >= 15 is 0 Å². The maximum absolute atomic E-state index is 13.8.